The zero-order valence-corrected chi connectivity index (χ0v) is 23.7. The van der Waals surface area contributed by atoms with Crippen molar-refractivity contribution in [3.63, 3.8) is 0 Å². The number of allylic oxidation sites excluding steroid dienone is 1. The van der Waals surface area contributed by atoms with E-state index in [1.54, 1.807) is 75.4 Å². The summed E-state index contributed by atoms with van der Waals surface area (Å²) in [6.45, 7) is 5.37. The smallest absolute Gasteiger partial charge is 0.313 e. The van der Waals surface area contributed by atoms with Gasteiger partial charge in [-0.1, -0.05) is 133 Å². The molecule has 0 aliphatic rings. The number of ketones is 1. The molecule has 1 N–H and O–H groups in total. The summed E-state index contributed by atoms with van der Waals surface area (Å²) in [6.07, 6.45) is 5.57. The third-order valence-electron chi connectivity index (χ3n) is 6.69. The molecule has 0 radical (unpaired) electrons. The van der Waals surface area contributed by atoms with Crippen LogP contribution >= 0.6 is 0 Å². The van der Waals surface area contributed by atoms with Crippen LogP contribution in [0.25, 0.3) is 12.2 Å². The Hall–Kier alpha value is -4.54. The van der Waals surface area contributed by atoms with Crippen LogP contribution in [0.2, 0.25) is 0 Å². The lowest BCUT2D eigenvalue weighted by Gasteiger charge is -2.38. The zero-order chi connectivity index (χ0) is 29.3. The van der Waals surface area contributed by atoms with Crippen LogP contribution in [0.3, 0.4) is 0 Å². The van der Waals surface area contributed by atoms with Crippen LogP contribution in [0.1, 0.15) is 54.2 Å². The summed E-state index contributed by atoms with van der Waals surface area (Å²) in [5.74, 6) is -2.10. The van der Waals surface area contributed by atoms with E-state index in [1.807, 2.05) is 84.9 Å². The number of aliphatic hydroxyl groups is 1. The molecule has 0 heterocycles. The summed E-state index contributed by atoms with van der Waals surface area (Å²) >= 11 is 0. The van der Waals surface area contributed by atoms with Crippen molar-refractivity contribution in [3.05, 3.63) is 155 Å². The predicted octanol–water partition coefficient (Wildman–Crippen LogP) is 7.90. The van der Waals surface area contributed by atoms with Crippen LogP contribution in [-0.2, 0) is 15.1 Å². The lowest BCUT2D eigenvalue weighted by Crippen LogP contribution is -2.46. The van der Waals surface area contributed by atoms with E-state index in [-0.39, 0.29) is 17.8 Å². The number of hydrogen-bond donors (Lipinski definition) is 1. The first-order chi connectivity index (χ1) is 19.7. The minimum absolute atomic E-state index is 0.0880. The number of carbonyl (C=O) groups excluding carboxylic acids is 2. The van der Waals surface area contributed by atoms with Gasteiger partial charge >= 0.3 is 5.97 Å². The Bertz CT molecular complexity index is 1480. The number of esters is 1. The second-order valence-electron chi connectivity index (χ2n) is 10.9. The van der Waals surface area contributed by atoms with Crippen molar-refractivity contribution in [1.82, 2.24) is 0 Å². The van der Waals surface area contributed by atoms with Gasteiger partial charge in [0.2, 0.25) is 0 Å². The van der Waals surface area contributed by atoms with Crippen molar-refractivity contribution in [1.29, 1.82) is 0 Å². The van der Waals surface area contributed by atoms with E-state index in [4.69, 9.17) is 4.74 Å². The van der Waals surface area contributed by atoms with Crippen LogP contribution in [0, 0.1) is 5.92 Å². The molecule has 4 aromatic rings. The van der Waals surface area contributed by atoms with Gasteiger partial charge in [-0.05, 0) is 50.0 Å². The molecule has 0 fully saturated rings. The predicted molar refractivity (Wildman–Crippen MR) is 165 cm³/mol. The molecule has 4 nitrogen and oxygen atoms in total. The molecule has 4 heteroatoms. The maximum atomic E-state index is 14.3. The Labute approximate surface area is 242 Å². The molecular formula is C37H36O4. The molecule has 0 aliphatic heterocycles. The first-order valence-corrected chi connectivity index (χ1v) is 13.8. The molecule has 4 rings (SSSR count). The van der Waals surface area contributed by atoms with E-state index >= 15 is 0 Å². The average Bonchev–Trinajstić information content (AvgIpc) is 2.98. The summed E-state index contributed by atoms with van der Waals surface area (Å²) in [7, 11) is 0. The number of hydrogen-bond acceptors (Lipinski definition) is 4. The second kappa shape index (κ2) is 13.2. The molecule has 208 valence electrons. The fraction of sp³-hybridized carbons (Fsp3) is 0.189. The first kappa shape index (κ1) is 29.4. The molecule has 0 amide bonds. The molecule has 0 unspecified atom stereocenters. The van der Waals surface area contributed by atoms with E-state index in [1.165, 1.54) is 0 Å². The summed E-state index contributed by atoms with van der Waals surface area (Å²) in [5, 5.41) is 12.9. The van der Waals surface area contributed by atoms with Crippen LogP contribution in [0.4, 0.5) is 0 Å². The number of benzene rings is 4. The van der Waals surface area contributed by atoms with Gasteiger partial charge in [0.25, 0.3) is 0 Å². The molecule has 0 saturated heterocycles. The van der Waals surface area contributed by atoms with E-state index < -0.39 is 23.1 Å². The maximum Gasteiger partial charge on any atom is 0.313 e. The quantitative estimate of drug-likeness (QED) is 0.125. The molecule has 0 saturated carbocycles. The van der Waals surface area contributed by atoms with Crippen molar-refractivity contribution in [2.75, 3.05) is 0 Å². The van der Waals surface area contributed by atoms with Gasteiger partial charge in [0.05, 0.1) is 5.92 Å². The second-order valence-corrected chi connectivity index (χ2v) is 10.9. The van der Waals surface area contributed by atoms with E-state index in [9.17, 15) is 14.7 Å². The standard InChI is InChI=1S/C37H36O4/c1-36(2,3)41-35(39)32(26-16-21-28-17-8-4-9-18-28)37(40,31-24-14-7-15-25-31)33(27-29-19-10-5-11-20-29)34(38)30-22-12-6-13-23-30/h4-25,27,32,40H,26H2,1-3H3/b21-16+,33-27+/t32-,37-/m0/s1. The van der Waals surface area contributed by atoms with Gasteiger partial charge in [0.15, 0.2) is 5.78 Å². The maximum absolute atomic E-state index is 14.3. The van der Waals surface area contributed by atoms with Crippen LogP contribution in [0.5, 0.6) is 0 Å². The van der Waals surface area contributed by atoms with Crippen LogP contribution in [0.15, 0.2) is 133 Å². The summed E-state index contributed by atoms with van der Waals surface area (Å²) < 4.78 is 5.88. The lowest BCUT2D eigenvalue weighted by atomic mass is 9.71. The van der Waals surface area contributed by atoms with E-state index in [2.05, 4.69) is 0 Å². The third kappa shape index (κ3) is 7.56. The van der Waals surface area contributed by atoms with Crippen LogP contribution in [-0.4, -0.2) is 22.5 Å². The van der Waals surface area contributed by atoms with Crippen molar-refractivity contribution in [2.45, 2.75) is 38.4 Å². The molecule has 0 aliphatic carbocycles. The normalized spacial score (nSPS) is 14.3. The monoisotopic (exact) mass is 544 g/mol. The highest BCUT2D eigenvalue weighted by molar-refractivity contribution is 6.13. The molecule has 4 aromatic carbocycles. The minimum atomic E-state index is -2.02. The van der Waals surface area contributed by atoms with Gasteiger partial charge in [-0.3, -0.25) is 9.59 Å². The van der Waals surface area contributed by atoms with Crippen LogP contribution < -0.4 is 0 Å². The fourth-order valence-electron chi connectivity index (χ4n) is 4.76. The molecule has 2 atom stereocenters. The Morgan fingerprint density at radius 1 is 0.732 bits per heavy atom. The van der Waals surface area contributed by atoms with Crippen molar-refractivity contribution < 1.29 is 19.4 Å². The van der Waals surface area contributed by atoms with Crippen molar-refractivity contribution in [2.24, 2.45) is 5.92 Å². The van der Waals surface area contributed by atoms with E-state index in [0.717, 1.165) is 11.1 Å². The number of Topliss-reactive ketones (excluding diaryl/α,β-unsaturated/α-hetero) is 1. The van der Waals surface area contributed by atoms with Gasteiger partial charge < -0.3 is 9.84 Å². The fourth-order valence-corrected chi connectivity index (χ4v) is 4.76. The van der Waals surface area contributed by atoms with Crippen molar-refractivity contribution in [3.8, 4) is 0 Å². The average molecular weight is 545 g/mol. The summed E-state index contributed by atoms with van der Waals surface area (Å²) in [6, 6.07) is 36.8. The topological polar surface area (TPSA) is 63.6 Å². The molecule has 0 aromatic heterocycles. The number of rotatable bonds is 10. The SMILES string of the molecule is CC(C)(C)OC(=O)[C@H](C/C=C/c1ccccc1)[C@](O)(/C(=C/c1ccccc1)C(=O)c1ccccc1)c1ccccc1. The highest BCUT2D eigenvalue weighted by atomic mass is 16.6. The van der Waals surface area contributed by atoms with Gasteiger partial charge in [-0.2, -0.15) is 0 Å². The highest BCUT2D eigenvalue weighted by Crippen LogP contribution is 2.43. The number of ether oxygens (including phenoxy) is 1. The van der Waals surface area contributed by atoms with Crippen molar-refractivity contribution >= 4 is 23.9 Å². The van der Waals surface area contributed by atoms with Gasteiger partial charge in [-0.25, -0.2) is 0 Å². The first-order valence-electron chi connectivity index (χ1n) is 13.8. The van der Waals surface area contributed by atoms with Gasteiger partial charge in [0.1, 0.15) is 11.2 Å². The Balaban J connectivity index is 1.94. The minimum Gasteiger partial charge on any atom is -0.460 e. The number of carbonyl (C=O) groups is 2. The molecule has 0 spiro atoms. The van der Waals surface area contributed by atoms with Gasteiger partial charge in [0, 0.05) is 11.1 Å². The van der Waals surface area contributed by atoms with E-state index in [0.29, 0.717) is 11.1 Å². The highest BCUT2D eigenvalue weighted by Gasteiger charge is 2.49. The third-order valence-corrected chi connectivity index (χ3v) is 6.69. The molecular weight excluding hydrogens is 508 g/mol. The summed E-state index contributed by atoms with van der Waals surface area (Å²) in [4.78, 5) is 28.3. The Morgan fingerprint density at radius 2 is 1.22 bits per heavy atom. The Morgan fingerprint density at radius 3 is 1.76 bits per heavy atom. The zero-order valence-electron chi connectivity index (χ0n) is 23.7. The molecule has 41 heavy (non-hydrogen) atoms. The van der Waals surface area contributed by atoms with Gasteiger partial charge in [-0.15, -0.1) is 0 Å². The lowest BCUT2D eigenvalue weighted by molar-refractivity contribution is -0.168. The largest absolute Gasteiger partial charge is 0.460 e. The molecule has 0 bridgehead atoms. The summed E-state index contributed by atoms with van der Waals surface area (Å²) in [5.41, 5.74) is -0.216. The Kier molecular flexibility index (Phi) is 9.49.